The van der Waals surface area contributed by atoms with Gasteiger partial charge in [-0.15, -0.1) is 0 Å². The van der Waals surface area contributed by atoms with E-state index in [1.807, 2.05) is 42.5 Å². The fourth-order valence-corrected chi connectivity index (χ4v) is 3.16. The third-order valence-electron chi connectivity index (χ3n) is 4.59. The second-order valence-electron chi connectivity index (χ2n) is 6.02. The maximum absolute atomic E-state index is 5.59. The summed E-state index contributed by atoms with van der Waals surface area (Å²) in [5.74, 6) is 2.39. The molecule has 132 valence electrons. The number of benzene rings is 2. The van der Waals surface area contributed by atoms with Crippen LogP contribution in [0.2, 0.25) is 0 Å². The maximum atomic E-state index is 5.59. The third-order valence-corrected chi connectivity index (χ3v) is 4.59. The van der Waals surface area contributed by atoms with Crippen LogP contribution < -0.4 is 9.47 Å². The van der Waals surface area contributed by atoms with Crippen molar-refractivity contribution in [1.29, 1.82) is 0 Å². The molecule has 2 aromatic heterocycles. The Morgan fingerprint density at radius 1 is 0.962 bits per heavy atom. The van der Waals surface area contributed by atoms with Crippen molar-refractivity contribution < 1.29 is 14.0 Å². The van der Waals surface area contributed by atoms with Gasteiger partial charge in [-0.1, -0.05) is 5.16 Å². The maximum Gasteiger partial charge on any atom is 0.167 e. The highest BCUT2D eigenvalue weighted by Gasteiger charge is 2.15. The summed E-state index contributed by atoms with van der Waals surface area (Å²) < 4.78 is 18.3. The molecule has 4 aromatic rings. The zero-order valence-electron chi connectivity index (χ0n) is 15.0. The van der Waals surface area contributed by atoms with Crippen LogP contribution in [0.25, 0.3) is 33.5 Å². The number of rotatable bonds is 5. The van der Waals surface area contributed by atoms with Gasteiger partial charge in [0.2, 0.25) is 0 Å². The molecule has 0 saturated heterocycles. The number of nitrogens with zero attached hydrogens (tertiary/aromatic N) is 2. The van der Waals surface area contributed by atoms with E-state index in [4.69, 9.17) is 14.0 Å². The molecule has 0 N–H and O–H groups in total. The lowest BCUT2D eigenvalue weighted by Gasteiger charge is -2.03. The first-order valence-corrected chi connectivity index (χ1v) is 8.52. The van der Waals surface area contributed by atoms with Gasteiger partial charge < -0.3 is 18.6 Å². The summed E-state index contributed by atoms with van der Waals surface area (Å²) in [5.41, 5.74) is 3.95. The Bertz CT molecular complexity index is 1050. The number of aryl methyl sites for hydroxylation is 1. The van der Waals surface area contributed by atoms with Crippen molar-refractivity contribution in [1.82, 2.24) is 9.72 Å². The van der Waals surface area contributed by atoms with E-state index in [1.54, 1.807) is 14.2 Å². The van der Waals surface area contributed by atoms with Gasteiger partial charge in [0.25, 0.3) is 0 Å². The predicted molar refractivity (Wildman–Crippen MR) is 102 cm³/mol. The van der Waals surface area contributed by atoms with Crippen LogP contribution in [0.1, 0.15) is 6.92 Å². The summed E-state index contributed by atoms with van der Waals surface area (Å²) in [6.07, 6.45) is 2.11. The summed E-state index contributed by atoms with van der Waals surface area (Å²) in [4.78, 5) is 0. The molecule has 0 bridgehead atoms. The van der Waals surface area contributed by atoms with E-state index >= 15 is 0 Å². The number of methoxy groups -OCH3 is 2. The van der Waals surface area contributed by atoms with Crippen molar-refractivity contribution >= 4 is 10.9 Å². The molecule has 2 aromatic carbocycles. The van der Waals surface area contributed by atoms with Crippen molar-refractivity contribution in [3.05, 3.63) is 54.7 Å². The van der Waals surface area contributed by atoms with Crippen LogP contribution in [-0.4, -0.2) is 23.9 Å². The van der Waals surface area contributed by atoms with E-state index in [2.05, 4.69) is 28.9 Å². The van der Waals surface area contributed by atoms with E-state index in [-0.39, 0.29) is 0 Å². The summed E-state index contributed by atoms with van der Waals surface area (Å²) in [6.45, 7) is 2.99. The van der Waals surface area contributed by atoms with Crippen molar-refractivity contribution in [2.45, 2.75) is 13.5 Å². The molecule has 0 spiro atoms. The van der Waals surface area contributed by atoms with Gasteiger partial charge in [-0.2, -0.15) is 0 Å². The molecule has 0 amide bonds. The van der Waals surface area contributed by atoms with Crippen molar-refractivity contribution in [3.8, 4) is 34.1 Å². The number of hydrogen-bond donors (Lipinski definition) is 0. The Morgan fingerprint density at radius 3 is 2.38 bits per heavy atom. The lowest BCUT2D eigenvalue weighted by molar-refractivity contribution is 0.414. The molecule has 0 aliphatic rings. The van der Waals surface area contributed by atoms with Gasteiger partial charge in [0.15, 0.2) is 5.76 Å². The van der Waals surface area contributed by atoms with Gasteiger partial charge in [0.05, 0.1) is 19.7 Å². The predicted octanol–water partition coefficient (Wildman–Crippen LogP) is 5.00. The molecule has 5 nitrogen and oxygen atoms in total. The average Bonchev–Trinajstić information content (AvgIpc) is 3.32. The van der Waals surface area contributed by atoms with Crippen LogP contribution >= 0.6 is 0 Å². The Hall–Kier alpha value is -3.21. The first-order chi connectivity index (χ1) is 12.7. The number of ether oxygens (including phenoxy) is 2. The van der Waals surface area contributed by atoms with Crippen molar-refractivity contribution in [2.24, 2.45) is 0 Å². The molecule has 2 heterocycles. The fraction of sp³-hybridized carbons (Fsp3) is 0.190. The van der Waals surface area contributed by atoms with Gasteiger partial charge in [0.1, 0.15) is 17.2 Å². The first-order valence-electron chi connectivity index (χ1n) is 8.52. The molecular weight excluding hydrogens is 328 g/mol. The quantitative estimate of drug-likeness (QED) is 0.509. The molecule has 26 heavy (non-hydrogen) atoms. The lowest BCUT2D eigenvalue weighted by atomic mass is 10.1. The van der Waals surface area contributed by atoms with Crippen LogP contribution in [0, 0.1) is 0 Å². The molecule has 0 aliphatic carbocycles. The Labute approximate surface area is 151 Å². The fourth-order valence-electron chi connectivity index (χ4n) is 3.16. The number of aromatic nitrogens is 2. The topological polar surface area (TPSA) is 49.4 Å². The van der Waals surface area contributed by atoms with Gasteiger partial charge >= 0.3 is 0 Å². The molecule has 0 radical (unpaired) electrons. The monoisotopic (exact) mass is 348 g/mol. The average molecular weight is 348 g/mol. The zero-order valence-corrected chi connectivity index (χ0v) is 15.0. The lowest BCUT2D eigenvalue weighted by Crippen LogP contribution is -1.91. The van der Waals surface area contributed by atoms with Gasteiger partial charge in [0, 0.05) is 41.4 Å². The molecule has 4 rings (SSSR count). The summed E-state index contributed by atoms with van der Waals surface area (Å²) >= 11 is 0. The highest BCUT2D eigenvalue weighted by atomic mass is 16.5. The molecule has 0 atom stereocenters. The first kappa shape index (κ1) is 16.3. The molecular formula is C21H20N2O3. The van der Waals surface area contributed by atoms with E-state index in [0.717, 1.165) is 51.5 Å². The smallest absolute Gasteiger partial charge is 0.167 e. The third kappa shape index (κ3) is 2.71. The second-order valence-corrected chi connectivity index (χ2v) is 6.02. The standard InChI is InChI=1S/C21H20N2O3/c1-4-23-13-18(17-10-9-16(25-3)11-20(17)23)19-12-21(26-22-19)14-5-7-15(24-2)8-6-14/h5-13H,4H2,1-3H3. The Balaban J connectivity index is 1.77. The van der Waals surface area contributed by atoms with Crippen LogP contribution in [0.5, 0.6) is 11.5 Å². The zero-order chi connectivity index (χ0) is 18.1. The summed E-state index contributed by atoms with van der Waals surface area (Å²) in [6, 6.07) is 15.8. The normalized spacial score (nSPS) is 11.0. The Morgan fingerprint density at radius 2 is 1.69 bits per heavy atom. The SMILES string of the molecule is CCn1cc(-c2cc(-c3ccc(OC)cc3)on2)c2ccc(OC)cc21. The molecule has 0 unspecified atom stereocenters. The Kier molecular flexibility index (Phi) is 4.13. The van der Waals surface area contributed by atoms with Gasteiger partial charge in [-0.25, -0.2) is 0 Å². The molecule has 0 saturated carbocycles. The highest BCUT2D eigenvalue weighted by Crippen LogP contribution is 2.34. The van der Waals surface area contributed by atoms with Crippen LogP contribution in [-0.2, 0) is 6.54 Å². The minimum absolute atomic E-state index is 0.730. The van der Waals surface area contributed by atoms with Crippen molar-refractivity contribution in [2.75, 3.05) is 14.2 Å². The minimum Gasteiger partial charge on any atom is -0.497 e. The van der Waals surface area contributed by atoms with Crippen molar-refractivity contribution in [3.63, 3.8) is 0 Å². The van der Waals surface area contributed by atoms with Crippen LogP contribution in [0.3, 0.4) is 0 Å². The minimum atomic E-state index is 0.730. The van der Waals surface area contributed by atoms with E-state index in [0.29, 0.717) is 0 Å². The second kappa shape index (κ2) is 6.59. The molecule has 0 fully saturated rings. The van der Waals surface area contributed by atoms with Gasteiger partial charge in [-0.05, 0) is 43.3 Å². The number of fused-ring (bicyclic) bond motifs is 1. The summed E-state index contributed by atoms with van der Waals surface area (Å²) in [5, 5.41) is 5.42. The highest BCUT2D eigenvalue weighted by molar-refractivity contribution is 5.96. The number of hydrogen-bond acceptors (Lipinski definition) is 4. The molecule has 0 aliphatic heterocycles. The summed E-state index contributed by atoms with van der Waals surface area (Å²) in [7, 11) is 3.33. The van der Waals surface area contributed by atoms with Gasteiger partial charge in [-0.3, -0.25) is 0 Å². The van der Waals surface area contributed by atoms with Crippen LogP contribution in [0.15, 0.2) is 59.3 Å². The van der Waals surface area contributed by atoms with E-state index < -0.39 is 0 Å². The van der Waals surface area contributed by atoms with Crippen LogP contribution in [0.4, 0.5) is 0 Å². The molecule has 5 heteroatoms. The van der Waals surface area contributed by atoms with E-state index in [9.17, 15) is 0 Å². The van der Waals surface area contributed by atoms with E-state index in [1.165, 1.54) is 0 Å². The largest absolute Gasteiger partial charge is 0.497 e.